The Morgan fingerprint density at radius 3 is 2.69 bits per heavy atom. The number of benzene rings is 2. The number of rotatable bonds is 4. The van der Waals surface area contributed by atoms with Gasteiger partial charge in [0.25, 0.3) is 5.91 Å². The second-order valence-electron chi connectivity index (χ2n) is 5.90. The number of thiazole rings is 1. The van der Waals surface area contributed by atoms with Gasteiger partial charge >= 0.3 is 0 Å². The van der Waals surface area contributed by atoms with E-state index in [0.29, 0.717) is 24.0 Å². The van der Waals surface area contributed by atoms with Crippen LogP contribution in [-0.4, -0.2) is 44.3 Å². The Morgan fingerprint density at radius 1 is 1.19 bits per heavy atom. The van der Waals surface area contributed by atoms with Crippen LogP contribution in [0.5, 0.6) is 5.75 Å². The molecule has 0 unspecified atom stereocenters. The Hall–Kier alpha value is -2.64. The van der Waals surface area contributed by atoms with Crippen molar-refractivity contribution in [2.75, 3.05) is 43.6 Å². The monoisotopic (exact) mass is 369 g/mol. The van der Waals surface area contributed by atoms with Crippen LogP contribution >= 0.6 is 11.3 Å². The predicted octanol–water partition coefficient (Wildman–Crippen LogP) is 3.39. The number of para-hydroxylation sites is 1. The number of amides is 1. The lowest BCUT2D eigenvalue weighted by molar-refractivity contribution is 0.102. The molecule has 1 aromatic heterocycles. The summed E-state index contributed by atoms with van der Waals surface area (Å²) in [6.45, 7) is 3.05. The van der Waals surface area contributed by atoms with Gasteiger partial charge in [0.2, 0.25) is 0 Å². The fraction of sp³-hybridized carbons (Fsp3) is 0.263. The summed E-state index contributed by atoms with van der Waals surface area (Å²) >= 11 is 1.39. The summed E-state index contributed by atoms with van der Waals surface area (Å²) in [5, 5.41) is 3.31. The first kappa shape index (κ1) is 16.8. The summed E-state index contributed by atoms with van der Waals surface area (Å²) in [5.41, 5.74) is 2.54. The lowest BCUT2D eigenvalue weighted by Gasteiger charge is -2.29. The Labute approximate surface area is 155 Å². The molecule has 0 atom stereocenters. The standard InChI is InChI=1S/C19H19N3O3S/c1-24-15-8-7-14(22-9-11-25-12-10-22)17-16(15)21-19(26-17)18(23)20-13-5-3-2-4-6-13/h2-8H,9-12H2,1H3,(H,20,23). The third kappa shape index (κ3) is 3.23. The maximum absolute atomic E-state index is 12.6. The van der Waals surface area contributed by atoms with Crippen LogP contribution in [0, 0.1) is 0 Å². The van der Waals surface area contributed by atoms with E-state index in [0.717, 1.165) is 34.7 Å². The number of hydrogen-bond acceptors (Lipinski definition) is 6. The molecule has 3 aromatic rings. The molecule has 4 rings (SSSR count). The molecule has 1 saturated heterocycles. The van der Waals surface area contributed by atoms with Gasteiger partial charge in [-0.2, -0.15) is 0 Å². The summed E-state index contributed by atoms with van der Waals surface area (Å²) < 4.78 is 11.9. The third-order valence-electron chi connectivity index (χ3n) is 4.28. The van der Waals surface area contributed by atoms with E-state index < -0.39 is 0 Å². The van der Waals surface area contributed by atoms with Crippen molar-refractivity contribution in [3.63, 3.8) is 0 Å². The molecule has 1 aliphatic heterocycles. The second-order valence-corrected chi connectivity index (χ2v) is 6.90. The van der Waals surface area contributed by atoms with Gasteiger partial charge < -0.3 is 19.7 Å². The number of anilines is 2. The number of aromatic nitrogens is 1. The normalized spacial score (nSPS) is 14.4. The van der Waals surface area contributed by atoms with Crippen LogP contribution < -0.4 is 15.0 Å². The summed E-state index contributed by atoms with van der Waals surface area (Å²) in [6, 6.07) is 13.3. The van der Waals surface area contributed by atoms with E-state index in [1.54, 1.807) is 7.11 Å². The second kappa shape index (κ2) is 7.31. The highest BCUT2D eigenvalue weighted by Crippen LogP contribution is 2.38. The molecular weight excluding hydrogens is 350 g/mol. The lowest BCUT2D eigenvalue weighted by atomic mass is 10.2. The van der Waals surface area contributed by atoms with Crippen LogP contribution in [0.15, 0.2) is 42.5 Å². The van der Waals surface area contributed by atoms with E-state index in [-0.39, 0.29) is 5.91 Å². The van der Waals surface area contributed by atoms with Crippen molar-refractivity contribution in [1.82, 2.24) is 4.98 Å². The molecule has 2 heterocycles. The average molecular weight is 369 g/mol. The van der Waals surface area contributed by atoms with E-state index in [4.69, 9.17) is 9.47 Å². The summed E-state index contributed by atoms with van der Waals surface area (Å²) in [7, 11) is 1.62. The molecule has 1 N–H and O–H groups in total. The topological polar surface area (TPSA) is 63.7 Å². The minimum absolute atomic E-state index is 0.215. The van der Waals surface area contributed by atoms with Crippen molar-refractivity contribution >= 4 is 38.8 Å². The molecule has 7 heteroatoms. The zero-order chi connectivity index (χ0) is 17.9. The SMILES string of the molecule is COc1ccc(N2CCOCC2)c2sc(C(=O)Nc3ccccc3)nc12. The van der Waals surface area contributed by atoms with E-state index in [1.165, 1.54) is 11.3 Å². The number of carbonyl (C=O) groups is 1. The molecule has 2 aromatic carbocycles. The van der Waals surface area contributed by atoms with Gasteiger partial charge in [0.05, 0.1) is 30.7 Å². The number of carbonyl (C=O) groups excluding carboxylic acids is 1. The van der Waals surface area contributed by atoms with Gasteiger partial charge in [-0.05, 0) is 24.3 Å². The Morgan fingerprint density at radius 2 is 1.96 bits per heavy atom. The fourth-order valence-corrected chi connectivity index (χ4v) is 4.01. The molecule has 134 valence electrons. The van der Waals surface area contributed by atoms with Crippen molar-refractivity contribution in [2.24, 2.45) is 0 Å². The van der Waals surface area contributed by atoms with Gasteiger partial charge in [-0.1, -0.05) is 18.2 Å². The van der Waals surface area contributed by atoms with Gasteiger partial charge in [0.15, 0.2) is 5.01 Å². The van der Waals surface area contributed by atoms with Crippen molar-refractivity contribution in [2.45, 2.75) is 0 Å². The molecule has 1 amide bonds. The summed E-state index contributed by atoms with van der Waals surface area (Å²) in [5.74, 6) is 0.458. The van der Waals surface area contributed by atoms with Gasteiger partial charge in [-0.25, -0.2) is 4.98 Å². The van der Waals surface area contributed by atoms with Gasteiger partial charge in [-0.15, -0.1) is 11.3 Å². The maximum Gasteiger partial charge on any atom is 0.284 e. The predicted molar refractivity (Wildman–Crippen MR) is 104 cm³/mol. The third-order valence-corrected chi connectivity index (χ3v) is 5.36. The van der Waals surface area contributed by atoms with Crippen LogP contribution in [0.4, 0.5) is 11.4 Å². The average Bonchev–Trinajstić information content (AvgIpc) is 3.14. The summed E-state index contributed by atoms with van der Waals surface area (Å²) in [4.78, 5) is 19.5. The fourth-order valence-electron chi connectivity index (χ4n) is 2.99. The Kier molecular flexibility index (Phi) is 4.73. The largest absolute Gasteiger partial charge is 0.494 e. The van der Waals surface area contributed by atoms with Gasteiger partial charge in [0, 0.05) is 18.8 Å². The minimum atomic E-state index is -0.215. The first-order valence-electron chi connectivity index (χ1n) is 8.43. The molecule has 0 aliphatic carbocycles. The number of morpholine rings is 1. The lowest BCUT2D eigenvalue weighted by Crippen LogP contribution is -2.36. The number of nitrogens with one attached hydrogen (secondary N) is 1. The molecule has 6 nitrogen and oxygen atoms in total. The number of fused-ring (bicyclic) bond motifs is 1. The molecule has 1 fully saturated rings. The van der Waals surface area contributed by atoms with E-state index in [9.17, 15) is 4.79 Å². The zero-order valence-electron chi connectivity index (χ0n) is 14.4. The molecule has 0 saturated carbocycles. The highest BCUT2D eigenvalue weighted by Gasteiger charge is 2.21. The minimum Gasteiger partial charge on any atom is -0.494 e. The van der Waals surface area contributed by atoms with Crippen LogP contribution in [0.1, 0.15) is 9.80 Å². The van der Waals surface area contributed by atoms with Crippen molar-refractivity contribution in [1.29, 1.82) is 0 Å². The highest BCUT2D eigenvalue weighted by atomic mass is 32.1. The van der Waals surface area contributed by atoms with Crippen LogP contribution in [0.2, 0.25) is 0 Å². The smallest absolute Gasteiger partial charge is 0.284 e. The first-order valence-corrected chi connectivity index (χ1v) is 9.24. The molecule has 0 radical (unpaired) electrons. The number of ether oxygens (including phenoxy) is 2. The number of nitrogens with zero attached hydrogens (tertiary/aromatic N) is 2. The number of methoxy groups -OCH3 is 1. The van der Waals surface area contributed by atoms with Crippen molar-refractivity contribution in [3.8, 4) is 5.75 Å². The molecule has 26 heavy (non-hydrogen) atoms. The zero-order valence-corrected chi connectivity index (χ0v) is 15.2. The van der Waals surface area contributed by atoms with E-state index >= 15 is 0 Å². The highest BCUT2D eigenvalue weighted by molar-refractivity contribution is 7.21. The molecule has 0 spiro atoms. The van der Waals surface area contributed by atoms with Crippen LogP contribution in [-0.2, 0) is 4.74 Å². The quantitative estimate of drug-likeness (QED) is 0.764. The number of hydrogen-bond donors (Lipinski definition) is 1. The Balaban J connectivity index is 1.71. The van der Waals surface area contributed by atoms with Crippen LogP contribution in [0.25, 0.3) is 10.2 Å². The molecular formula is C19H19N3O3S. The van der Waals surface area contributed by atoms with Gasteiger partial charge in [0.1, 0.15) is 11.3 Å². The Bertz CT molecular complexity index is 920. The molecule has 0 bridgehead atoms. The van der Waals surface area contributed by atoms with E-state index in [2.05, 4.69) is 15.2 Å². The van der Waals surface area contributed by atoms with Crippen LogP contribution in [0.3, 0.4) is 0 Å². The molecule has 1 aliphatic rings. The van der Waals surface area contributed by atoms with Crippen molar-refractivity contribution in [3.05, 3.63) is 47.5 Å². The first-order chi connectivity index (χ1) is 12.8. The van der Waals surface area contributed by atoms with E-state index in [1.807, 2.05) is 42.5 Å². The van der Waals surface area contributed by atoms with Crippen molar-refractivity contribution < 1.29 is 14.3 Å². The van der Waals surface area contributed by atoms with Gasteiger partial charge in [-0.3, -0.25) is 4.79 Å². The maximum atomic E-state index is 12.6. The summed E-state index contributed by atoms with van der Waals surface area (Å²) in [6.07, 6.45) is 0.